The molecule has 2 atom stereocenters. The largest absolute Gasteiger partial charge is 0.480 e. The molecule has 0 saturated carbocycles. The van der Waals surface area contributed by atoms with E-state index in [1.165, 1.54) is 0 Å². The van der Waals surface area contributed by atoms with Crippen molar-refractivity contribution in [1.82, 2.24) is 5.32 Å². The fourth-order valence-electron chi connectivity index (χ4n) is 1.61. The first-order valence-electron chi connectivity index (χ1n) is 4.52. The van der Waals surface area contributed by atoms with Crippen LogP contribution in [0.5, 0.6) is 0 Å². The van der Waals surface area contributed by atoms with Crippen molar-refractivity contribution in [3.63, 3.8) is 0 Å². The maximum absolute atomic E-state index is 11.6. The molecule has 14 heavy (non-hydrogen) atoms. The van der Waals surface area contributed by atoms with Crippen molar-refractivity contribution in [3.8, 4) is 0 Å². The topological polar surface area (TPSA) is 83.5 Å². The monoisotopic (exact) mass is 221 g/mol. The van der Waals surface area contributed by atoms with Crippen molar-refractivity contribution in [2.45, 2.75) is 25.1 Å². The van der Waals surface area contributed by atoms with Gasteiger partial charge in [-0.05, 0) is 5.92 Å². The van der Waals surface area contributed by atoms with Crippen LogP contribution in [0.3, 0.4) is 0 Å². The molecule has 2 unspecified atom stereocenters. The first kappa shape index (κ1) is 11.5. The van der Waals surface area contributed by atoms with Crippen molar-refractivity contribution in [1.29, 1.82) is 0 Å². The molecule has 82 valence electrons. The van der Waals surface area contributed by atoms with Gasteiger partial charge in [0, 0.05) is 6.54 Å². The van der Waals surface area contributed by atoms with E-state index < -0.39 is 27.1 Å². The normalized spacial score (nSPS) is 31.6. The predicted molar refractivity (Wildman–Crippen MR) is 51.8 cm³/mol. The molecule has 0 aliphatic carbocycles. The van der Waals surface area contributed by atoms with Gasteiger partial charge in [-0.2, -0.15) is 0 Å². The van der Waals surface area contributed by atoms with Crippen molar-refractivity contribution in [2.75, 3.05) is 12.3 Å². The molecular formula is C8H15NO4S. The van der Waals surface area contributed by atoms with Gasteiger partial charge in [-0.25, -0.2) is 8.42 Å². The molecule has 1 saturated heterocycles. The van der Waals surface area contributed by atoms with E-state index in [0.29, 0.717) is 0 Å². The molecule has 0 bridgehead atoms. The van der Waals surface area contributed by atoms with E-state index in [9.17, 15) is 13.2 Å². The molecule has 2 N–H and O–H groups in total. The van der Waals surface area contributed by atoms with Gasteiger partial charge >= 0.3 is 5.97 Å². The Bertz CT molecular complexity index is 322. The number of carbonyl (C=O) groups is 1. The minimum atomic E-state index is -3.26. The molecule has 1 heterocycles. The van der Waals surface area contributed by atoms with Crippen molar-refractivity contribution >= 4 is 15.8 Å². The molecule has 6 heteroatoms. The van der Waals surface area contributed by atoms with E-state index in [-0.39, 0.29) is 18.2 Å². The zero-order valence-electron chi connectivity index (χ0n) is 8.23. The van der Waals surface area contributed by atoms with Gasteiger partial charge in [0.25, 0.3) is 0 Å². The Labute approximate surface area is 83.4 Å². The van der Waals surface area contributed by atoms with Crippen molar-refractivity contribution in [3.05, 3.63) is 0 Å². The molecule has 0 aromatic heterocycles. The van der Waals surface area contributed by atoms with Gasteiger partial charge in [-0.15, -0.1) is 0 Å². The second-order valence-corrected chi connectivity index (χ2v) is 6.18. The SMILES string of the molecule is CC(C)C1CNC(C(=O)O)CS1(=O)=O. The third-order valence-electron chi connectivity index (χ3n) is 2.47. The average molecular weight is 221 g/mol. The number of carboxylic acids is 1. The van der Waals surface area contributed by atoms with Crippen LogP contribution in [-0.2, 0) is 14.6 Å². The van der Waals surface area contributed by atoms with Crippen LogP contribution in [0.2, 0.25) is 0 Å². The van der Waals surface area contributed by atoms with E-state index in [1.807, 2.05) is 13.8 Å². The zero-order valence-corrected chi connectivity index (χ0v) is 9.04. The Hall–Kier alpha value is -0.620. The van der Waals surface area contributed by atoms with Gasteiger partial charge in [0.1, 0.15) is 6.04 Å². The third-order valence-corrected chi connectivity index (χ3v) is 4.90. The minimum absolute atomic E-state index is 0.0160. The third kappa shape index (κ3) is 2.24. The summed E-state index contributed by atoms with van der Waals surface area (Å²) in [4.78, 5) is 10.6. The van der Waals surface area contributed by atoms with E-state index in [2.05, 4.69) is 5.32 Å². The van der Waals surface area contributed by atoms with Crippen LogP contribution in [0.25, 0.3) is 0 Å². The zero-order chi connectivity index (χ0) is 10.9. The fourth-order valence-corrected chi connectivity index (χ4v) is 3.76. The van der Waals surface area contributed by atoms with Gasteiger partial charge in [0.2, 0.25) is 0 Å². The highest BCUT2D eigenvalue weighted by molar-refractivity contribution is 7.92. The molecule has 1 fully saturated rings. The van der Waals surface area contributed by atoms with E-state index in [1.54, 1.807) is 0 Å². The quantitative estimate of drug-likeness (QED) is 0.655. The van der Waals surface area contributed by atoms with Crippen LogP contribution in [0.15, 0.2) is 0 Å². The number of hydrogen-bond acceptors (Lipinski definition) is 4. The van der Waals surface area contributed by atoms with Crippen molar-refractivity contribution < 1.29 is 18.3 Å². The summed E-state index contributed by atoms with van der Waals surface area (Å²) in [6, 6.07) is -0.949. The summed E-state index contributed by atoms with van der Waals surface area (Å²) in [5.41, 5.74) is 0. The fraction of sp³-hybridized carbons (Fsp3) is 0.875. The van der Waals surface area contributed by atoms with Gasteiger partial charge in [0.15, 0.2) is 9.84 Å². The smallest absolute Gasteiger partial charge is 0.321 e. The Morgan fingerprint density at radius 1 is 1.50 bits per heavy atom. The highest BCUT2D eigenvalue weighted by Crippen LogP contribution is 2.17. The molecule has 0 aromatic rings. The lowest BCUT2D eigenvalue weighted by molar-refractivity contribution is -0.139. The Morgan fingerprint density at radius 2 is 2.07 bits per heavy atom. The van der Waals surface area contributed by atoms with Crippen LogP contribution in [0, 0.1) is 5.92 Å². The number of carboxylic acid groups (broad SMARTS) is 1. The molecule has 5 nitrogen and oxygen atoms in total. The van der Waals surface area contributed by atoms with Crippen LogP contribution in [0.1, 0.15) is 13.8 Å². The maximum Gasteiger partial charge on any atom is 0.321 e. The lowest BCUT2D eigenvalue weighted by Crippen LogP contribution is -2.55. The van der Waals surface area contributed by atoms with Gasteiger partial charge in [-0.3, -0.25) is 4.79 Å². The number of aliphatic carboxylic acids is 1. The number of rotatable bonds is 2. The molecule has 0 spiro atoms. The van der Waals surface area contributed by atoms with Crippen LogP contribution >= 0.6 is 0 Å². The molecule has 0 amide bonds. The summed E-state index contributed by atoms with van der Waals surface area (Å²) in [7, 11) is -3.26. The van der Waals surface area contributed by atoms with Gasteiger partial charge < -0.3 is 10.4 Å². The Morgan fingerprint density at radius 3 is 2.43 bits per heavy atom. The maximum atomic E-state index is 11.6. The molecule has 0 aromatic carbocycles. The first-order valence-corrected chi connectivity index (χ1v) is 6.24. The molecule has 1 aliphatic heterocycles. The summed E-state index contributed by atoms with van der Waals surface area (Å²) in [5.74, 6) is -1.39. The number of hydrogen-bond donors (Lipinski definition) is 2. The van der Waals surface area contributed by atoms with Gasteiger partial charge in [0.05, 0.1) is 11.0 Å². The average Bonchev–Trinajstić information content (AvgIpc) is 2.01. The van der Waals surface area contributed by atoms with Crippen LogP contribution < -0.4 is 5.32 Å². The van der Waals surface area contributed by atoms with E-state index in [0.717, 1.165) is 0 Å². The van der Waals surface area contributed by atoms with E-state index in [4.69, 9.17) is 5.11 Å². The molecule has 1 rings (SSSR count). The minimum Gasteiger partial charge on any atom is -0.480 e. The predicted octanol–water partition coefficient (Wildman–Crippen LogP) is -0.518. The van der Waals surface area contributed by atoms with Gasteiger partial charge in [-0.1, -0.05) is 13.8 Å². The molecular weight excluding hydrogens is 206 g/mol. The standard InChI is InChI=1S/C8H15NO4S/c1-5(2)7-3-9-6(8(10)11)4-14(7,12)13/h5-7,9H,3-4H2,1-2H3,(H,10,11). The number of nitrogens with one attached hydrogen (secondary N) is 1. The van der Waals surface area contributed by atoms with Crippen LogP contribution in [-0.4, -0.2) is 43.1 Å². The Balaban J connectivity index is 2.81. The first-order chi connectivity index (χ1) is 6.34. The molecule has 1 aliphatic rings. The lowest BCUT2D eigenvalue weighted by Gasteiger charge is -2.29. The summed E-state index contributed by atoms with van der Waals surface area (Å²) in [6.07, 6.45) is 0. The number of sulfone groups is 1. The lowest BCUT2D eigenvalue weighted by atomic mass is 10.1. The summed E-state index contributed by atoms with van der Waals surface area (Å²) in [5, 5.41) is 10.9. The Kier molecular flexibility index (Phi) is 3.16. The molecule has 0 radical (unpaired) electrons. The highest BCUT2D eigenvalue weighted by Gasteiger charge is 2.38. The highest BCUT2D eigenvalue weighted by atomic mass is 32.2. The van der Waals surface area contributed by atoms with Crippen molar-refractivity contribution in [2.24, 2.45) is 5.92 Å². The van der Waals surface area contributed by atoms with E-state index >= 15 is 0 Å². The second kappa shape index (κ2) is 3.86. The summed E-state index contributed by atoms with van der Waals surface area (Å²) >= 11 is 0. The summed E-state index contributed by atoms with van der Waals surface area (Å²) < 4.78 is 23.3. The second-order valence-electron chi connectivity index (χ2n) is 3.91. The summed E-state index contributed by atoms with van der Waals surface area (Å²) in [6.45, 7) is 3.88. The van der Waals surface area contributed by atoms with Crippen LogP contribution in [0.4, 0.5) is 0 Å².